The summed E-state index contributed by atoms with van der Waals surface area (Å²) in [6.45, 7) is 3.49. The van der Waals surface area contributed by atoms with E-state index >= 15 is 0 Å². The molecule has 0 aliphatic rings. The zero-order valence-electron chi connectivity index (χ0n) is 11.4. The Bertz CT molecular complexity index is 533. The van der Waals surface area contributed by atoms with Crippen LogP contribution in [0.1, 0.15) is 12.5 Å². The number of hydrazone groups is 1. The van der Waals surface area contributed by atoms with Crippen LogP contribution < -0.4 is 4.83 Å². The fourth-order valence-electron chi connectivity index (χ4n) is 1.39. The summed E-state index contributed by atoms with van der Waals surface area (Å²) in [7, 11) is -0.778. The molecule has 1 aromatic rings. The second-order valence-corrected chi connectivity index (χ2v) is 5.63. The first-order chi connectivity index (χ1) is 8.90. The van der Waals surface area contributed by atoms with E-state index < -0.39 is 16.3 Å². The van der Waals surface area contributed by atoms with E-state index in [1.54, 1.807) is 19.1 Å². The van der Waals surface area contributed by atoms with Crippen molar-refractivity contribution in [1.29, 1.82) is 0 Å². The molecule has 0 bridgehead atoms. The summed E-state index contributed by atoms with van der Waals surface area (Å²) in [5, 5.41) is 3.77. The summed E-state index contributed by atoms with van der Waals surface area (Å²) in [5.74, 6) is 0. The SMILES string of the molecule is COC(OC)/C(C)=N\NS(=O)(=O)c1ccc(C)cc1. The van der Waals surface area contributed by atoms with Crippen LogP contribution in [0.25, 0.3) is 0 Å². The molecule has 0 amide bonds. The minimum absolute atomic E-state index is 0.154. The monoisotopic (exact) mass is 286 g/mol. The fourth-order valence-corrected chi connectivity index (χ4v) is 2.26. The van der Waals surface area contributed by atoms with E-state index in [4.69, 9.17) is 9.47 Å². The number of nitrogens with one attached hydrogen (secondary N) is 1. The van der Waals surface area contributed by atoms with Crippen LogP contribution in [0.3, 0.4) is 0 Å². The molecule has 0 atom stereocenters. The van der Waals surface area contributed by atoms with Crippen LogP contribution in [0.4, 0.5) is 0 Å². The Morgan fingerprint density at radius 1 is 1.21 bits per heavy atom. The van der Waals surface area contributed by atoms with Gasteiger partial charge in [-0.1, -0.05) is 17.7 Å². The highest BCUT2D eigenvalue weighted by atomic mass is 32.2. The Labute approximate surface area is 113 Å². The van der Waals surface area contributed by atoms with Crippen molar-refractivity contribution < 1.29 is 17.9 Å². The molecule has 0 unspecified atom stereocenters. The summed E-state index contributed by atoms with van der Waals surface area (Å²) in [4.78, 5) is 2.30. The standard InChI is InChI=1S/C12H18N2O4S/c1-9-5-7-11(8-6-9)19(15,16)14-13-10(2)12(17-3)18-4/h5-8,12,14H,1-4H3/b13-10-. The summed E-state index contributed by atoms with van der Waals surface area (Å²) < 4.78 is 33.8. The molecule has 6 nitrogen and oxygen atoms in total. The van der Waals surface area contributed by atoms with Crippen molar-refractivity contribution in [2.75, 3.05) is 14.2 Å². The Balaban J connectivity index is 2.86. The summed E-state index contributed by atoms with van der Waals surface area (Å²) in [5.41, 5.74) is 1.36. The first-order valence-electron chi connectivity index (χ1n) is 5.59. The zero-order chi connectivity index (χ0) is 14.5. The third-order valence-electron chi connectivity index (χ3n) is 2.44. The van der Waals surface area contributed by atoms with E-state index in [1.807, 2.05) is 6.92 Å². The maximum absolute atomic E-state index is 11.9. The molecule has 0 saturated heterocycles. The first-order valence-corrected chi connectivity index (χ1v) is 7.07. The summed E-state index contributed by atoms with van der Waals surface area (Å²) in [6, 6.07) is 6.48. The lowest BCUT2D eigenvalue weighted by Gasteiger charge is -2.13. The molecule has 0 heterocycles. The van der Waals surface area contributed by atoms with Crippen molar-refractivity contribution in [3.8, 4) is 0 Å². The van der Waals surface area contributed by atoms with Crippen LogP contribution in [0, 0.1) is 6.92 Å². The topological polar surface area (TPSA) is 77.0 Å². The number of aryl methyl sites for hydroxylation is 1. The van der Waals surface area contributed by atoms with Crippen LogP contribution in [0.2, 0.25) is 0 Å². The molecule has 0 spiro atoms. The van der Waals surface area contributed by atoms with Gasteiger partial charge in [-0.3, -0.25) is 0 Å². The lowest BCUT2D eigenvalue weighted by atomic mass is 10.2. The predicted octanol–water partition coefficient (Wildman–Crippen LogP) is 1.27. The summed E-state index contributed by atoms with van der Waals surface area (Å²) >= 11 is 0. The van der Waals surface area contributed by atoms with Crippen LogP contribution in [0.5, 0.6) is 0 Å². The minimum Gasteiger partial charge on any atom is -0.351 e. The third-order valence-corrected chi connectivity index (χ3v) is 3.67. The van der Waals surface area contributed by atoms with Gasteiger partial charge in [0.05, 0.1) is 10.6 Å². The molecule has 106 valence electrons. The van der Waals surface area contributed by atoms with Gasteiger partial charge < -0.3 is 9.47 Å². The van der Waals surface area contributed by atoms with E-state index in [-0.39, 0.29) is 4.90 Å². The van der Waals surface area contributed by atoms with Gasteiger partial charge in [-0.2, -0.15) is 18.4 Å². The maximum atomic E-state index is 11.9. The van der Waals surface area contributed by atoms with E-state index in [1.165, 1.54) is 26.4 Å². The number of benzene rings is 1. The number of rotatable bonds is 6. The number of ether oxygens (including phenoxy) is 2. The molecule has 19 heavy (non-hydrogen) atoms. The number of methoxy groups -OCH3 is 2. The quantitative estimate of drug-likeness (QED) is 0.485. The maximum Gasteiger partial charge on any atom is 0.276 e. The van der Waals surface area contributed by atoms with Gasteiger partial charge in [0.15, 0.2) is 6.29 Å². The van der Waals surface area contributed by atoms with Crippen molar-refractivity contribution in [3.63, 3.8) is 0 Å². The normalized spacial score (nSPS) is 12.8. The van der Waals surface area contributed by atoms with Crippen LogP contribution in [-0.4, -0.2) is 34.6 Å². The molecule has 1 N–H and O–H groups in total. The van der Waals surface area contributed by atoms with Crippen molar-refractivity contribution in [3.05, 3.63) is 29.8 Å². The van der Waals surface area contributed by atoms with Crippen molar-refractivity contribution in [1.82, 2.24) is 4.83 Å². The van der Waals surface area contributed by atoms with Gasteiger partial charge in [-0.15, -0.1) is 0 Å². The van der Waals surface area contributed by atoms with Crippen molar-refractivity contribution >= 4 is 15.7 Å². The largest absolute Gasteiger partial charge is 0.351 e. The van der Waals surface area contributed by atoms with Gasteiger partial charge in [0.25, 0.3) is 10.0 Å². The second kappa shape index (κ2) is 6.65. The van der Waals surface area contributed by atoms with Crippen LogP contribution in [0.15, 0.2) is 34.3 Å². The number of sulfonamides is 1. The zero-order valence-corrected chi connectivity index (χ0v) is 12.2. The smallest absolute Gasteiger partial charge is 0.276 e. The van der Waals surface area contributed by atoms with E-state index in [0.717, 1.165) is 5.56 Å². The predicted molar refractivity (Wildman–Crippen MR) is 72.4 cm³/mol. The summed E-state index contributed by atoms with van der Waals surface area (Å²) in [6.07, 6.45) is -0.680. The van der Waals surface area contributed by atoms with Crippen LogP contribution in [-0.2, 0) is 19.5 Å². The Morgan fingerprint density at radius 2 is 1.74 bits per heavy atom. The van der Waals surface area contributed by atoms with Crippen molar-refractivity contribution in [2.24, 2.45) is 5.10 Å². The molecule has 0 aromatic heterocycles. The lowest BCUT2D eigenvalue weighted by Crippen LogP contribution is -2.27. The van der Waals surface area contributed by atoms with Crippen molar-refractivity contribution in [2.45, 2.75) is 25.0 Å². The number of hydrogen-bond donors (Lipinski definition) is 1. The first kappa shape index (κ1) is 15.6. The molecule has 0 aliphatic carbocycles. The molecule has 0 saturated carbocycles. The molecule has 7 heteroatoms. The number of hydrogen-bond acceptors (Lipinski definition) is 5. The highest BCUT2D eigenvalue weighted by Gasteiger charge is 2.14. The van der Waals surface area contributed by atoms with Gasteiger partial charge in [0.1, 0.15) is 0 Å². The molecule has 1 aromatic carbocycles. The number of nitrogens with zero attached hydrogens (tertiary/aromatic N) is 1. The van der Waals surface area contributed by atoms with Gasteiger partial charge in [0.2, 0.25) is 0 Å². The lowest BCUT2D eigenvalue weighted by molar-refractivity contribution is -0.0524. The highest BCUT2D eigenvalue weighted by molar-refractivity contribution is 7.89. The molecular formula is C12H18N2O4S. The Kier molecular flexibility index (Phi) is 5.46. The van der Waals surface area contributed by atoms with Crippen LogP contribution >= 0.6 is 0 Å². The third kappa shape index (κ3) is 4.30. The van der Waals surface area contributed by atoms with E-state index in [0.29, 0.717) is 5.71 Å². The average Bonchev–Trinajstić information content (AvgIpc) is 2.38. The van der Waals surface area contributed by atoms with Gasteiger partial charge in [-0.25, -0.2) is 0 Å². The molecule has 1 rings (SSSR count). The average molecular weight is 286 g/mol. The minimum atomic E-state index is -3.67. The van der Waals surface area contributed by atoms with E-state index in [9.17, 15) is 8.42 Å². The molecule has 0 aliphatic heterocycles. The molecular weight excluding hydrogens is 268 g/mol. The fraction of sp³-hybridized carbons (Fsp3) is 0.417. The highest BCUT2D eigenvalue weighted by Crippen LogP contribution is 2.09. The van der Waals surface area contributed by atoms with Gasteiger partial charge in [-0.05, 0) is 26.0 Å². The molecule has 0 fully saturated rings. The Hall–Kier alpha value is -1.44. The van der Waals surface area contributed by atoms with E-state index in [2.05, 4.69) is 9.93 Å². The Morgan fingerprint density at radius 3 is 2.21 bits per heavy atom. The second-order valence-electron chi connectivity index (χ2n) is 3.96. The molecule has 0 radical (unpaired) electrons. The van der Waals surface area contributed by atoms with Gasteiger partial charge in [0, 0.05) is 14.2 Å². The van der Waals surface area contributed by atoms with Gasteiger partial charge >= 0.3 is 0 Å².